The smallest absolute Gasteiger partial charge is 0.221 e. The molecule has 0 amide bonds. The zero-order valence-electron chi connectivity index (χ0n) is 11.4. The van der Waals surface area contributed by atoms with E-state index in [0.29, 0.717) is 18.4 Å². The summed E-state index contributed by atoms with van der Waals surface area (Å²) in [6.45, 7) is 8.66. The highest BCUT2D eigenvalue weighted by Crippen LogP contribution is 2.29. The molecule has 5 heteroatoms. The van der Waals surface area contributed by atoms with E-state index in [-0.39, 0.29) is 6.04 Å². The van der Waals surface area contributed by atoms with Crippen LogP contribution in [0.15, 0.2) is 6.33 Å². The van der Waals surface area contributed by atoms with E-state index in [1.54, 1.807) is 6.33 Å². The van der Waals surface area contributed by atoms with E-state index in [4.69, 9.17) is 10.5 Å². The van der Waals surface area contributed by atoms with Gasteiger partial charge in [0.15, 0.2) is 0 Å². The van der Waals surface area contributed by atoms with Crippen LogP contribution >= 0.6 is 0 Å². The molecule has 1 aromatic rings. The van der Waals surface area contributed by atoms with Crippen molar-refractivity contribution >= 4 is 5.82 Å². The second kappa shape index (κ2) is 5.52. The predicted molar refractivity (Wildman–Crippen MR) is 71.9 cm³/mol. The van der Waals surface area contributed by atoms with Gasteiger partial charge in [-0.05, 0) is 33.1 Å². The maximum absolute atomic E-state index is 5.97. The number of aromatic nitrogens is 2. The maximum atomic E-state index is 5.97. The standard InChI is InChI=1S/C13H22N4O/c1-4-18-13-9(2)12(15-8-16-13)17-6-5-11(7-17)10(3)14/h8,10-11H,4-7,14H2,1-3H3. The number of nitrogens with zero attached hydrogens (tertiary/aromatic N) is 3. The van der Waals surface area contributed by atoms with Crippen LogP contribution in [0.3, 0.4) is 0 Å². The zero-order chi connectivity index (χ0) is 13.1. The summed E-state index contributed by atoms with van der Waals surface area (Å²) in [5, 5.41) is 0. The van der Waals surface area contributed by atoms with E-state index in [0.717, 1.165) is 30.9 Å². The fraction of sp³-hybridized carbons (Fsp3) is 0.692. The van der Waals surface area contributed by atoms with E-state index in [1.165, 1.54) is 0 Å². The zero-order valence-corrected chi connectivity index (χ0v) is 11.4. The van der Waals surface area contributed by atoms with Gasteiger partial charge >= 0.3 is 0 Å². The van der Waals surface area contributed by atoms with Gasteiger partial charge in [-0.2, -0.15) is 0 Å². The molecule has 1 fully saturated rings. The summed E-state index contributed by atoms with van der Waals surface area (Å²) in [5.41, 5.74) is 6.99. The Hall–Kier alpha value is -1.36. The predicted octanol–water partition coefficient (Wildman–Crippen LogP) is 1.36. The average molecular weight is 250 g/mol. The molecule has 1 aliphatic rings. The number of ether oxygens (including phenoxy) is 1. The minimum absolute atomic E-state index is 0.239. The van der Waals surface area contributed by atoms with Crippen molar-refractivity contribution in [3.8, 4) is 5.88 Å². The second-order valence-corrected chi connectivity index (χ2v) is 4.91. The lowest BCUT2D eigenvalue weighted by molar-refractivity contribution is 0.323. The summed E-state index contributed by atoms with van der Waals surface area (Å²) in [4.78, 5) is 10.8. The minimum atomic E-state index is 0.239. The maximum Gasteiger partial charge on any atom is 0.221 e. The van der Waals surface area contributed by atoms with Crippen molar-refractivity contribution < 1.29 is 4.74 Å². The molecule has 0 aliphatic carbocycles. The molecule has 0 bridgehead atoms. The fourth-order valence-electron chi connectivity index (χ4n) is 2.44. The van der Waals surface area contributed by atoms with E-state index in [1.807, 2.05) is 13.8 Å². The minimum Gasteiger partial charge on any atom is -0.478 e. The lowest BCUT2D eigenvalue weighted by Gasteiger charge is -2.21. The molecule has 1 aliphatic heterocycles. The lowest BCUT2D eigenvalue weighted by Crippen LogP contribution is -2.30. The van der Waals surface area contributed by atoms with E-state index >= 15 is 0 Å². The first-order valence-electron chi connectivity index (χ1n) is 6.58. The summed E-state index contributed by atoms with van der Waals surface area (Å²) < 4.78 is 5.51. The Balaban J connectivity index is 2.17. The third-order valence-electron chi connectivity index (χ3n) is 3.56. The molecule has 0 spiro atoms. The largest absolute Gasteiger partial charge is 0.478 e. The Bertz CT molecular complexity index is 408. The lowest BCUT2D eigenvalue weighted by atomic mass is 10.0. The quantitative estimate of drug-likeness (QED) is 0.874. The second-order valence-electron chi connectivity index (χ2n) is 4.91. The van der Waals surface area contributed by atoms with Gasteiger partial charge in [-0.15, -0.1) is 0 Å². The van der Waals surface area contributed by atoms with Crippen molar-refractivity contribution in [3.05, 3.63) is 11.9 Å². The Kier molecular flexibility index (Phi) is 4.01. The Labute approximate surface area is 108 Å². The van der Waals surface area contributed by atoms with Gasteiger partial charge in [-0.25, -0.2) is 9.97 Å². The van der Waals surface area contributed by atoms with Crippen LogP contribution in [-0.4, -0.2) is 35.7 Å². The van der Waals surface area contributed by atoms with Crippen LogP contribution in [-0.2, 0) is 0 Å². The molecular formula is C13H22N4O. The van der Waals surface area contributed by atoms with E-state index in [2.05, 4.69) is 21.8 Å². The summed E-state index contributed by atoms with van der Waals surface area (Å²) >= 11 is 0. The topological polar surface area (TPSA) is 64.3 Å². The summed E-state index contributed by atoms with van der Waals surface area (Å²) in [6.07, 6.45) is 2.71. The highest BCUT2D eigenvalue weighted by atomic mass is 16.5. The molecule has 2 heterocycles. The van der Waals surface area contributed by atoms with Gasteiger partial charge < -0.3 is 15.4 Å². The number of anilines is 1. The first-order chi connectivity index (χ1) is 8.63. The van der Waals surface area contributed by atoms with Crippen molar-refractivity contribution in [1.82, 2.24) is 9.97 Å². The van der Waals surface area contributed by atoms with Crippen molar-refractivity contribution in [3.63, 3.8) is 0 Å². The molecule has 1 saturated heterocycles. The van der Waals surface area contributed by atoms with Crippen LogP contribution in [0.1, 0.15) is 25.8 Å². The van der Waals surface area contributed by atoms with Crippen LogP contribution < -0.4 is 15.4 Å². The first-order valence-corrected chi connectivity index (χ1v) is 6.58. The number of nitrogens with two attached hydrogens (primary N) is 1. The van der Waals surface area contributed by atoms with Gasteiger partial charge in [0.1, 0.15) is 12.1 Å². The average Bonchev–Trinajstić information content (AvgIpc) is 2.81. The van der Waals surface area contributed by atoms with Gasteiger partial charge in [-0.1, -0.05) is 0 Å². The van der Waals surface area contributed by atoms with Gasteiger partial charge in [0, 0.05) is 19.1 Å². The van der Waals surface area contributed by atoms with Crippen LogP contribution in [0, 0.1) is 12.8 Å². The van der Waals surface area contributed by atoms with Gasteiger partial charge in [0.2, 0.25) is 5.88 Å². The van der Waals surface area contributed by atoms with Crippen LogP contribution in [0.25, 0.3) is 0 Å². The number of rotatable bonds is 4. The van der Waals surface area contributed by atoms with Crippen molar-refractivity contribution in [2.24, 2.45) is 11.7 Å². The van der Waals surface area contributed by atoms with E-state index < -0.39 is 0 Å². The molecule has 0 saturated carbocycles. The van der Waals surface area contributed by atoms with Crippen molar-refractivity contribution in [1.29, 1.82) is 0 Å². The number of hydrogen-bond acceptors (Lipinski definition) is 5. The molecule has 2 N–H and O–H groups in total. The molecular weight excluding hydrogens is 228 g/mol. The number of hydrogen-bond donors (Lipinski definition) is 1. The Morgan fingerprint density at radius 2 is 2.33 bits per heavy atom. The highest BCUT2D eigenvalue weighted by molar-refractivity contribution is 5.50. The molecule has 0 aromatic carbocycles. The molecule has 5 nitrogen and oxygen atoms in total. The molecule has 18 heavy (non-hydrogen) atoms. The molecule has 1 aromatic heterocycles. The molecule has 0 radical (unpaired) electrons. The van der Waals surface area contributed by atoms with Crippen LogP contribution in [0.5, 0.6) is 5.88 Å². The first kappa shape index (κ1) is 13.1. The third kappa shape index (κ3) is 2.56. The highest BCUT2D eigenvalue weighted by Gasteiger charge is 2.27. The Morgan fingerprint density at radius 3 is 2.94 bits per heavy atom. The molecule has 2 atom stereocenters. The summed E-state index contributed by atoms with van der Waals surface area (Å²) in [6, 6.07) is 0.239. The SMILES string of the molecule is CCOc1ncnc(N2CCC(C(C)N)C2)c1C. The van der Waals surface area contributed by atoms with Crippen molar-refractivity contribution in [2.45, 2.75) is 33.2 Å². The molecule has 2 rings (SSSR count). The summed E-state index contributed by atoms with van der Waals surface area (Å²) in [5.74, 6) is 2.22. The van der Waals surface area contributed by atoms with Gasteiger partial charge in [-0.3, -0.25) is 0 Å². The third-order valence-corrected chi connectivity index (χ3v) is 3.56. The molecule has 100 valence electrons. The monoisotopic (exact) mass is 250 g/mol. The fourth-order valence-corrected chi connectivity index (χ4v) is 2.44. The van der Waals surface area contributed by atoms with E-state index in [9.17, 15) is 0 Å². The van der Waals surface area contributed by atoms with Crippen LogP contribution in [0.4, 0.5) is 5.82 Å². The van der Waals surface area contributed by atoms with Crippen LogP contribution in [0.2, 0.25) is 0 Å². The summed E-state index contributed by atoms with van der Waals surface area (Å²) in [7, 11) is 0. The van der Waals surface area contributed by atoms with Gasteiger partial charge in [0.25, 0.3) is 0 Å². The Morgan fingerprint density at radius 1 is 1.56 bits per heavy atom. The van der Waals surface area contributed by atoms with Crippen molar-refractivity contribution in [2.75, 3.05) is 24.6 Å². The normalized spacial score (nSPS) is 21.1. The molecule has 2 unspecified atom stereocenters. The van der Waals surface area contributed by atoms with Gasteiger partial charge in [0.05, 0.1) is 12.2 Å².